The highest BCUT2D eigenvalue weighted by Gasteiger charge is 2.17. The number of halogens is 2. The van der Waals surface area contributed by atoms with Gasteiger partial charge in [-0.15, -0.1) is 11.6 Å². The number of imidazole rings is 1. The average molecular weight is 361 g/mol. The van der Waals surface area contributed by atoms with Crippen molar-refractivity contribution in [3.63, 3.8) is 0 Å². The fraction of sp³-hybridized carbons (Fsp3) is 0.125. The number of rotatable bonds is 2. The predicted octanol–water partition coefficient (Wildman–Crippen LogP) is 4.96. The lowest BCUT2D eigenvalue weighted by atomic mass is 10.2. The van der Waals surface area contributed by atoms with Gasteiger partial charge in [0, 0.05) is 4.47 Å². The molecule has 0 fully saturated rings. The molecule has 0 radical (unpaired) electrons. The van der Waals surface area contributed by atoms with Crippen LogP contribution in [0.2, 0.25) is 0 Å². The molecule has 1 atom stereocenters. The van der Waals surface area contributed by atoms with E-state index in [4.69, 9.17) is 16.9 Å². The minimum Gasteiger partial charge on any atom is -0.294 e. The maximum atomic E-state index is 8.99. The molecular weight excluding hydrogens is 350 g/mol. The molecule has 0 saturated carbocycles. The van der Waals surface area contributed by atoms with Crippen molar-refractivity contribution in [2.45, 2.75) is 12.3 Å². The summed E-state index contributed by atoms with van der Waals surface area (Å²) in [6.07, 6.45) is 0. The second-order valence-corrected chi connectivity index (χ2v) is 6.20. The zero-order valence-corrected chi connectivity index (χ0v) is 13.6. The highest BCUT2D eigenvalue weighted by molar-refractivity contribution is 9.10. The smallest absolute Gasteiger partial charge is 0.132 e. The van der Waals surface area contributed by atoms with Crippen LogP contribution in [0.1, 0.15) is 23.7 Å². The zero-order valence-electron chi connectivity index (χ0n) is 11.2. The predicted molar refractivity (Wildman–Crippen MR) is 87.8 cm³/mol. The fourth-order valence-corrected chi connectivity index (χ4v) is 3.02. The van der Waals surface area contributed by atoms with Crippen molar-refractivity contribution in [1.82, 2.24) is 9.55 Å². The molecule has 1 unspecified atom stereocenters. The number of alkyl halides is 1. The van der Waals surface area contributed by atoms with Crippen LogP contribution in [0.15, 0.2) is 46.9 Å². The summed E-state index contributed by atoms with van der Waals surface area (Å²) in [7, 11) is 0. The lowest BCUT2D eigenvalue weighted by molar-refractivity contribution is 0.880. The molecular formula is C16H11BrClN3. The van der Waals surface area contributed by atoms with Crippen molar-refractivity contribution in [2.75, 3.05) is 0 Å². The van der Waals surface area contributed by atoms with Gasteiger partial charge in [-0.05, 0) is 53.2 Å². The Morgan fingerprint density at radius 3 is 2.71 bits per heavy atom. The van der Waals surface area contributed by atoms with Crippen LogP contribution < -0.4 is 0 Å². The zero-order chi connectivity index (χ0) is 15.0. The Labute approximate surface area is 135 Å². The summed E-state index contributed by atoms with van der Waals surface area (Å²) in [5, 5.41) is 8.76. The molecule has 0 N–H and O–H groups in total. The average Bonchev–Trinajstić information content (AvgIpc) is 2.86. The van der Waals surface area contributed by atoms with E-state index < -0.39 is 0 Å². The summed E-state index contributed by atoms with van der Waals surface area (Å²) >= 11 is 9.83. The largest absolute Gasteiger partial charge is 0.294 e. The molecule has 3 aromatic rings. The number of hydrogen-bond acceptors (Lipinski definition) is 2. The molecule has 0 saturated heterocycles. The van der Waals surface area contributed by atoms with Crippen molar-refractivity contribution in [3.05, 3.63) is 58.3 Å². The third kappa shape index (κ3) is 2.44. The molecule has 3 nitrogen and oxygen atoms in total. The van der Waals surface area contributed by atoms with E-state index >= 15 is 0 Å². The monoisotopic (exact) mass is 359 g/mol. The van der Waals surface area contributed by atoms with Gasteiger partial charge in [-0.25, -0.2) is 4.98 Å². The van der Waals surface area contributed by atoms with E-state index in [1.165, 1.54) is 0 Å². The summed E-state index contributed by atoms with van der Waals surface area (Å²) in [4.78, 5) is 4.62. The minimum absolute atomic E-state index is 0.222. The molecule has 0 bridgehead atoms. The van der Waals surface area contributed by atoms with E-state index in [1.807, 2.05) is 41.8 Å². The van der Waals surface area contributed by atoms with E-state index in [0.29, 0.717) is 5.56 Å². The first kappa shape index (κ1) is 14.1. The Bertz CT molecular complexity index is 862. The first-order chi connectivity index (χ1) is 10.1. The van der Waals surface area contributed by atoms with Gasteiger partial charge in [-0.1, -0.05) is 12.1 Å². The number of aromatic nitrogens is 2. The maximum Gasteiger partial charge on any atom is 0.132 e. The highest BCUT2D eigenvalue weighted by Crippen LogP contribution is 2.31. The van der Waals surface area contributed by atoms with Crippen LogP contribution in [0.4, 0.5) is 0 Å². The lowest BCUT2D eigenvalue weighted by Gasteiger charge is -2.12. The van der Waals surface area contributed by atoms with Crippen LogP contribution in [0, 0.1) is 11.3 Å². The molecule has 5 heteroatoms. The fourth-order valence-electron chi connectivity index (χ4n) is 2.32. The quantitative estimate of drug-likeness (QED) is 0.606. The van der Waals surface area contributed by atoms with E-state index in [9.17, 15) is 0 Å². The molecule has 0 aliphatic heterocycles. The van der Waals surface area contributed by atoms with Crippen LogP contribution in [-0.4, -0.2) is 9.55 Å². The first-order valence-corrected chi connectivity index (χ1v) is 7.66. The first-order valence-electron chi connectivity index (χ1n) is 6.43. The van der Waals surface area contributed by atoms with Gasteiger partial charge in [0.1, 0.15) is 5.82 Å². The van der Waals surface area contributed by atoms with Crippen LogP contribution >= 0.6 is 27.5 Å². The third-order valence-electron chi connectivity index (χ3n) is 3.26. The SMILES string of the molecule is CC(Cl)c1nc2ccccc2n1-c1ccc(C#N)cc1Br. The molecule has 2 aromatic carbocycles. The van der Waals surface area contributed by atoms with Gasteiger partial charge in [0.25, 0.3) is 0 Å². The third-order valence-corrected chi connectivity index (χ3v) is 4.09. The van der Waals surface area contributed by atoms with Crippen LogP contribution in [-0.2, 0) is 0 Å². The molecule has 1 heterocycles. The Balaban J connectivity index is 2.33. The van der Waals surface area contributed by atoms with E-state index in [1.54, 1.807) is 12.1 Å². The van der Waals surface area contributed by atoms with Gasteiger partial charge in [0.2, 0.25) is 0 Å². The molecule has 1 aromatic heterocycles. The lowest BCUT2D eigenvalue weighted by Crippen LogP contribution is -2.03. The second kappa shape index (κ2) is 5.51. The number of nitrogens with zero attached hydrogens (tertiary/aromatic N) is 3. The van der Waals surface area contributed by atoms with Gasteiger partial charge in [-0.2, -0.15) is 5.26 Å². The molecule has 0 amide bonds. The van der Waals surface area contributed by atoms with E-state index in [2.05, 4.69) is 27.0 Å². The summed E-state index contributed by atoms with van der Waals surface area (Å²) in [5.41, 5.74) is 3.42. The van der Waals surface area contributed by atoms with Gasteiger partial charge in [0.05, 0.1) is 33.7 Å². The Morgan fingerprint density at radius 2 is 2.05 bits per heavy atom. The Morgan fingerprint density at radius 1 is 1.29 bits per heavy atom. The highest BCUT2D eigenvalue weighted by atomic mass is 79.9. The number of hydrogen-bond donors (Lipinski definition) is 0. The van der Waals surface area contributed by atoms with Crippen molar-refractivity contribution in [3.8, 4) is 11.8 Å². The molecule has 0 aliphatic rings. The van der Waals surface area contributed by atoms with Gasteiger partial charge >= 0.3 is 0 Å². The Hall–Kier alpha value is -1.83. The molecule has 3 rings (SSSR count). The van der Waals surface area contributed by atoms with E-state index in [-0.39, 0.29) is 5.38 Å². The molecule has 0 aliphatic carbocycles. The van der Waals surface area contributed by atoms with Crippen LogP contribution in [0.5, 0.6) is 0 Å². The van der Waals surface area contributed by atoms with Gasteiger partial charge < -0.3 is 0 Å². The van der Waals surface area contributed by atoms with E-state index in [0.717, 1.165) is 27.0 Å². The normalized spacial score (nSPS) is 12.3. The maximum absolute atomic E-state index is 8.99. The van der Waals surface area contributed by atoms with Crippen LogP contribution in [0.25, 0.3) is 16.7 Å². The summed E-state index contributed by atoms with van der Waals surface area (Å²) in [6, 6.07) is 15.5. The van der Waals surface area contributed by atoms with Crippen molar-refractivity contribution >= 4 is 38.6 Å². The number of nitriles is 1. The molecule has 104 valence electrons. The van der Waals surface area contributed by atoms with Gasteiger partial charge in [0.15, 0.2) is 0 Å². The van der Waals surface area contributed by atoms with Crippen LogP contribution in [0.3, 0.4) is 0 Å². The molecule has 21 heavy (non-hydrogen) atoms. The molecule has 0 spiro atoms. The summed E-state index contributed by atoms with van der Waals surface area (Å²) in [6.45, 7) is 1.90. The standard InChI is InChI=1S/C16H11BrClN3/c1-10(18)16-20-13-4-2-3-5-15(13)21(16)14-7-6-11(9-19)8-12(14)17/h2-8,10H,1H3. The number of fused-ring (bicyclic) bond motifs is 1. The summed E-state index contributed by atoms with van der Waals surface area (Å²) < 4.78 is 2.86. The Kier molecular flexibility index (Phi) is 3.71. The van der Waals surface area contributed by atoms with Crippen molar-refractivity contribution in [2.24, 2.45) is 0 Å². The van der Waals surface area contributed by atoms with Crippen molar-refractivity contribution < 1.29 is 0 Å². The summed E-state index contributed by atoms with van der Waals surface area (Å²) in [5.74, 6) is 0.781. The minimum atomic E-state index is -0.222. The topological polar surface area (TPSA) is 41.6 Å². The second-order valence-electron chi connectivity index (χ2n) is 4.69. The number of para-hydroxylation sites is 2. The van der Waals surface area contributed by atoms with Crippen molar-refractivity contribution in [1.29, 1.82) is 5.26 Å². The van der Waals surface area contributed by atoms with Gasteiger partial charge in [-0.3, -0.25) is 4.57 Å². The number of benzene rings is 2.